The van der Waals surface area contributed by atoms with E-state index in [1.165, 1.54) is 11.1 Å². The number of aromatic nitrogens is 1. The van der Waals surface area contributed by atoms with Crippen LogP contribution < -0.4 is 5.73 Å². The summed E-state index contributed by atoms with van der Waals surface area (Å²) in [7, 11) is 0. The number of aryl methyl sites for hydroxylation is 1. The van der Waals surface area contributed by atoms with Gasteiger partial charge in [0.25, 0.3) is 6.01 Å². The van der Waals surface area contributed by atoms with E-state index < -0.39 is 0 Å². The summed E-state index contributed by atoms with van der Waals surface area (Å²) in [5.74, 6) is 0.952. The zero-order valence-corrected chi connectivity index (χ0v) is 10.5. The maximum atomic E-state index is 5.58. The number of rotatable bonds is 2. The zero-order chi connectivity index (χ0) is 12.5. The van der Waals surface area contributed by atoms with Crippen LogP contribution in [0.2, 0.25) is 0 Å². The number of oxazole rings is 1. The Morgan fingerprint density at radius 2 is 2.22 bits per heavy atom. The van der Waals surface area contributed by atoms with E-state index in [1.807, 2.05) is 0 Å². The molecule has 2 heterocycles. The van der Waals surface area contributed by atoms with Gasteiger partial charge in [0, 0.05) is 26.1 Å². The topological polar surface area (TPSA) is 55.3 Å². The quantitative estimate of drug-likeness (QED) is 0.877. The lowest BCUT2D eigenvalue weighted by Gasteiger charge is -2.25. The lowest BCUT2D eigenvalue weighted by molar-refractivity contribution is 0.232. The molecule has 0 amide bonds. The summed E-state index contributed by atoms with van der Waals surface area (Å²) in [6.45, 7) is 4.93. The first-order chi connectivity index (χ1) is 8.72. The third-order valence-electron chi connectivity index (χ3n) is 3.48. The Balaban J connectivity index is 1.75. The highest BCUT2D eigenvalue weighted by molar-refractivity contribution is 5.26. The fourth-order valence-corrected chi connectivity index (χ4v) is 2.44. The van der Waals surface area contributed by atoms with Crippen LogP contribution in [0, 0.1) is 6.92 Å². The van der Waals surface area contributed by atoms with E-state index in [0.29, 0.717) is 0 Å². The molecular weight excluding hydrogens is 226 g/mol. The van der Waals surface area contributed by atoms with Crippen LogP contribution in [0.4, 0.5) is 6.01 Å². The van der Waals surface area contributed by atoms with Crippen LogP contribution in [-0.4, -0.2) is 16.4 Å². The first-order valence-electron chi connectivity index (χ1n) is 6.23. The molecule has 0 fully saturated rings. The molecule has 0 saturated carbocycles. The molecule has 1 aromatic carbocycles. The molecule has 1 aliphatic heterocycles. The summed E-state index contributed by atoms with van der Waals surface area (Å²) in [6.07, 6.45) is 0.894. The minimum Gasteiger partial charge on any atom is -0.429 e. The second-order valence-electron chi connectivity index (χ2n) is 4.81. The third-order valence-corrected chi connectivity index (χ3v) is 3.48. The van der Waals surface area contributed by atoms with Crippen molar-refractivity contribution in [2.75, 3.05) is 12.3 Å². The molecular formula is C14H17N3O. The third kappa shape index (κ3) is 2.11. The Morgan fingerprint density at radius 1 is 1.39 bits per heavy atom. The molecule has 4 nitrogen and oxygen atoms in total. The second-order valence-corrected chi connectivity index (χ2v) is 4.81. The van der Waals surface area contributed by atoms with Gasteiger partial charge < -0.3 is 10.2 Å². The van der Waals surface area contributed by atoms with E-state index in [-0.39, 0.29) is 6.01 Å². The summed E-state index contributed by atoms with van der Waals surface area (Å²) in [5, 5.41) is 0. The van der Waals surface area contributed by atoms with Gasteiger partial charge in [0.2, 0.25) is 0 Å². The van der Waals surface area contributed by atoms with Crippen LogP contribution >= 0.6 is 0 Å². The average Bonchev–Trinajstić information content (AvgIpc) is 2.71. The van der Waals surface area contributed by atoms with Crippen molar-refractivity contribution in [2.45, 2.75) is 26.4 Å². The fourth-order valence-electron chi connectivity index (χ4n) is 2.44. The average molecular weight is 243 g/mol. The monoisotopic (exact) mass is 243 g/mol. The van der Waals surface area contributed by atoms with Gasteiger partial charge in [-0.2, -0.15) is 4.98 Å². The number of fused-ring (bicyclic) bond motifs is 1. The van der Waals surface area contributed by atoms with Crippen LogP contribution in [0.3, 0.4) is 0 Å². The Morgan fingerprint density at radius 3 is 3.06 bits per heavy atom. The molecule has 2 N–H and O–H groups in total. The van der Waals surface area contributed by atoms with Crippen LogP contribution in [0.25, 0.3) is 0 Å². The Hall–Kier alpha value is -1.81. The molecule has 2 aromatic rings. The molecule has 0 aliphatic carbocycles. The summed E-state index contributed by atoms with van der Waals surface area (Å²) in [4.78, 5) is 6.62. The SMILES string of the molecule is Cc1ccccc1CN1CCc2oc(N)nc2C1. The van der Waals surface area contributed by atoms with E-state index in [1.54, 1.807) is 0 Å². The number of benzene rings is 1. The normalized spacial score (nSPS) is 15.6. The maximum Gasteiger partial charge on any atom is 0.292 e. The van der Waals surface area contributed by atoms with Gasteiger partial charge in [-0.3, -0.25) is 4.90 Å². The van der Waals surface area contributed by atoms with E-state index in [2.05, 4.69) is 41.1 Å². The number of hydrogen-bond donors (Lipinski definition) is 1. The highest BCUT2D eigenvalue weighted by Gasteiger charge is 2.21. The minimum atomic E-state index is 0.290. The van der Waals surface area contributed by atoms with Crippen LogP contribution in [0.1, 0.15) is 22.6 Å². The molecule has 4 heteroatoms. The van der Waals surface area contributed by atoms with E-state index in [0.717, 1.165) is 37.5 Å². The summed E-state index contributed by atoms with van der Waals surface area (Å²) in [6, 6.07) is 8.79. The Labute approximate surface area is 106 Å². The molecule has 1 aliphatic rings. The Kier molecular flexibility index (Phi) is 2.80. The van der Waals surface area contributed by atoms with Crippen molar-refractivity contribution in [3.05, 3.63) is 46.8 Å². The van der Waals surface area contributed by atoms with Crippen molar-refractivity contribution in [3.8, 4) is 0 Å². The number of nitrogen functional groups attached to an aromatic ring is 1. The number of nitrogens with zero attached hydrogens (tertiary/aromatic N) is 2. The highest BCUT2D eigenvalue weighted by Crippen LogP contribution is 2.22. The second kappa shape index (κ2) is 4.46. The number of anilines is 1. The van der Waals surface area contributed by atoms with Crippen LogP contribution in [0.5, 0.6) is 0 Å². The van der Waals surface area contributed by atoms with Crippen LogP contribution in [-0.2, 0) is 19.5 Å². The largest absolute Gasteiger partial charge is 0.429 e. The van der Waals surface area contributed by atoms with Gasteiger partial charge in [-0.15, -0.1) is 0 Å². The smallest absolute Gasteiger partial charge is 0.292 e. The molecule has 0 bridgehead atoms. The van der Waals surface area contributed by atoms with Crippen molar-refractivity contribution in [3.63, 3.8) is 0 Å². The molecule has 94 valence electrons. The maximum absolute atomic E-state index is 5.58. The number of nitrogens with two attached hydrogens (primary N) is 1. The van der Waals surface area contributed by atoms with Gasteiger partial charge in [0.15, 0.2) is 0 Å². The summed E-state index contributed by atoms with van der Waals surface area (Å²) < 4.78 is 5.37. The predicted molar refractivity (Wildman–Crippen MR) is 69.9 cm³/mol. The first kappa shape index (κ1) is 11.3. The van der Waals surface area contributed by atoms with Gasteiger partial charge in [-0.1, -0.05) is 24.3 Å². The molecule has 0 saturated heterocycles. The van der Waals surface area contributed by atoms with E-state index >= 15 is 0 Å². The lowest BCUT2D eigenvalue weighted by atomic mass is 10.1. The minimum absolute atomic E-state index is 0.290. The van der Waals surface area contributed by atoms with Crippen molar-refractivity contribution in [1.82, 2.24) is 9.88 Å². The van der Waals surface area contributed by atoms with Gasteiger partial charge in [0.1, 0.15) is 5.76 Å². The van der Waals surface area contributed by atoms with Crippen molar-refractivity contribution in [2.24, 2.45) is 0 Å². The summed E-state index contributed by atoms with van der Waals surface area (Å²) >= 11 is 0. The van der Waals surface area contributed by atoms with Crippen molar-refractivity contribution < 1.29 is 4.42 Å². The molecule has 1 aromatic heterocycles. The van der Waals surface area contributed by atoms with E-state index in [4.69, 9.17) is 10.2 Å². The predicted octanol–water partition coefficient (Wildman–Crippen LogP) is 2.12. The highest BCUT2D eigenvalue weighted by atomic mass is 16.4. The molecule has 0 atom stereocenters. The van der Waals surface area contributed by atoms with Gasteiger partial charge >= 0.3 is 0 Å². The lowest BCUT2D eigenvalue weighted by Crippen LogP contribution is -2.30. The Bertz CT molecular complexity index is 562. The molecule has 0 unspecified atom stereocenters. The molecule has 18 heavy (non-hydrogen) atoms. The van der Waals surface area contributed by atoms with Crippen LogP contribution in [0.15, 0.2) is 28.7 Å². The standard InChI is InChI=1S/C14H17N3O/c1-10-4-2-3-5-11(10)8-17-7-6-13-12(9-17)16-14(15)18-13/h2-5H,6-9H2,1H3,(H2,15,16). The van der Waals surface area contributed by atoms with Gasteiger partial charge in [-0.25, -0.2) is 0 Å². The van der Waals surface area contributed by atoms with Gasteiger partial charge in [0.05, 0.1) is 5.69 Å². The first-order valence-corrected chi connectivity index (χ1v) is 6.23. The fraction of sp³-hybridized carbons (Fsp3) is 0.357. The molecule has 0 radical (unpaired) electrons. The zero-order valence-electron chi connectivity index (χ0n) is 10.5. The van der Waals surface area contributed by atoms with Crippen molar-refractivity contribution >= 4 is 6.01 Å². The summed E-state index contributed by atoms with van der Waals surface area (Å²) in [5.41, 5.74) is 9.29. The molecule has 0 spiro atoms. The number of hydrogen-bond acceptors (Lipinski definition) is 4. The van der Waals surface area contributed by atoms with Crippen molar-refractivity contribution in [1.29, 1.82) is 0 Å². The van der Waals surface area contributed by atoms with Gasteiger partial charge in [-0.05, 0) is 18.1 Å². The van der Waals surface area contributed by atoms with E-state index in [9.17, 15) is 0 Å². The molecule has 3 rings (SSSR count).